The van der Waals surface area contributed by atoms with Gasteiger partial charge in [-0.05, 0) is 18.2 Å². The Bertz CT molecular complexity index is 294. The van der Waals surface area contributed by atoms with Crippen molar-refractivity contribution in [3.63, 3.8) is 0 Å². The van der Waals surface area contributed by atoms with Crippen molar-refractivity contribution in [2.45, 2.75) is 13.3 Å². The van der Waals surface area contributed by atoms with Gasteiger partial charge in [0, 0.05) is 6.42 Å². The van der Waals surface area contributed by atoms with Crippen LogP contribution in [0.5, 0.6) is 0 Å². The van der Waals surface area contributed by atoms with E-state index in [4.69, 9.17) is 5.73 Å². The van der Waals surface area contributed by atoms with E-state index in [0.717, 1.165) is 0 Å². The topological polar surface area (TPSA) is 38.4 Å². The largest absolute Gasteiger partial charge is 0.387 e. The van der Waals surface area contributed by atoms with Gasteiger partial charge in [0.1, 0.15) is 5.82 Å². The first kappa shape index (κ1) is 8.71. The van der Waals surface area contributed by atoms with Crippen LogP contribution in [0.4, 0.5) is 10.1 Å². The number of rotatable bonds is 2. The van der Waals surface area contributed by atoms with Crippen molar-refractivity contribution in [3.05, 3.63) is 30.1 Å². The molecular weight excluding hydrogens is 155 g/mol. The van der Waals surface area contributed by atoms with Crippen LogP contribution in [0, 0.1) is 5.82 Å². The Morgan fingerprint density at radius 3 is 2.92 bits per heavy atom. The van der Waals surface area contributed by atoms with E-state index >= 15 is 0 Å². The van der Waals surface area contributed by atoms with Gasteiger partial charge in [0.25, 0.3) is 0 Å². The SMILES string of the molecule is CCC(N)=Nc1cccc(F)c1. The zero-order valence-electron chi connectivity index (χ0n) is 6.92. The molecule has 0 spiro atoms. The molecule has 0 bridgehead atoms. The van der Waals surface area contributed by atoms with Crippen molar-refractivity contribution in [2.24, 2.45) is 10.7 Å². The highest BCUT2D eigenvalue weighted by Crippen LogP contribution is 2.12. The van der Waals surface area contributed by atoms with Gasteiger partial charge in [-0.1, -0.05) is 13.0 Å². The summed E-state index contributed by atoms with van der Waals surface area (Å²) in [4.78, 5) is 3.99. The van der Waals surface area contributed by atoms with Crippen molar-refractivity contribution in [3.8, 4) is 0 Å². The van der Waals surface area contributed by atoms with Crippen molar-refractivity contribution >= 4 is 11.5 Å². The molecule has 0 amide bonds. The van der Waals surface area contributed by atoms with E-state index in [1.807, 2.05) is 6.92 Å². The third-order valence-electron chi connectivity index (χ3n) is 1.44. The van der Waals surface area contributed by atoms with Crippen molar-refractivity contribution in [1.82, 2.24) is 0 Å². The second-order valence-corrected chi connectivity index (χ2v) is 2.44. The van der Waals surface area contributed by atoms with E-state index in [1.54, 1.807) is 12.1 Å². The number of hydrogen-bond donors (Lipinski definition) is 1. The molecule has 0 aliphatic carbocycles. The van der Waals surface area contributed by atoms with E-state index < -0.39 is 0 Å². The number of benzene rings is 1. The quantitative estimate of drug-likeness (QED) is 0.531. The van der Waals surface area contributed by atoms with Gasteiger partial charge in [-0.25, -0.2) is 9.38 Å². The molecule has 2 N–H and O–H groups in total. The lowest BCUT2D eigenvalue weighted by atomic mass is 10.3. The Hall–Kier alpha value is -1.38. The van der Waals surface area contributed by atoms with Gasteiger partial charge >= 0.3 is 0 Å². The average molecular weight is 166 g/mol. The van der Waals surface area contributed by atoms with Crippen LogP contribution in [0.25, 0.3) is 0 Å². The highest BCUT2D eigenvalue weighted by Gasteiger charge is 1.92. The number of halogens is 1. The minimum atomic E-state index is -0.292. The average Bonchev–Trinajstić information content (AvgIpc) is 2.04. The van der Waals surface area contributed by atoms with Crippen LogP contribution in [0.3, 0.4) is 0 Å². The molecule has 12 heavy (non-hydrogen) atoms. The summed E-state index contributed by atoms with van der Waals surface area (Å²) in [6.07, 6.45) is 0.677. The third-order valence-corrected chi connectivity index (χ3v) is 1.44. The second-order valence-electron chi connectivity index (χ2n) is 2.44. The molecular formula is C9H11FN2. The summed E-state index contributed by atoms with van der Waals surface area (Å²) in [5.74, 6) is 0.223. The molecule has 1 aromatic rings. The monoisotopic (exact) mass is 166 g/mol. The van der Waals surface area contributed by atoms with Gasteiger partial charge in [-0.3, -0.25) is 0 Å². The summed E-state index contributed by atoms with van der Waals surface area (Å²) in [7, 11) is 0. The van der Waals surface area contributed by atoms with Crippen molar-refractivity contribution in [1.29, 1.82) is 0 Å². The first-order chi connectivity index (χ1) is 5.72. The van der Waals surface area contributed by atoms with Crippen molar-refractivity contribution < 1.29 is 4.39 Å². The lowest BCUT2D eigenvalue weighted by molar-refractivity contribution is 0.628. The highest BCUT2D eigenvalue weighted by molar-refractivity contribution is 5.82. The lowest BCUT2D eigenvalue weighted by Crippen LogP contribution is -2.08. The van der Waals surface area contributed by atoms with Crippen LogP contribution in [0.2, 0.25) is 0 Å². The van der Waals surface area contributed by atoms with Crippen LogP contribution in [0.1, 0.15) is 13.3 Å². The maximum atomic E-state index is 12.6. The lowest BCUT2D eigenvalue weighted by Gasteiger charge is -1.96. The van der Waals surface area contributed by atoms with Crippen molar-refractivity contribution in [2.75, 3.05) is 0 Å². The third kappa shape index (κ3) is 2.34. The molecule has 1 aromatic carbocycles. The first-order valence-electron chi connectivity index (χ1n) is 3.81. The molecule has 0 aliphatic heterocycles. The van der Waals surface area contributed by atoms with Crippen LogP contribution in [-0.2, 0) is 0 Å². The van der Waals surface area contributed by atoms with Gasteiger partial charge in [0.15, 0.2) is 0 Å². The normalized spacial score (nSPS) is 11.7. The predicted octanol–water partition coefficient (Wildman–Crippen LogP) is 2.22. The summed E-state index contributed by atoms with van der Waals surface area (Å²) in [5.41, 5.74) is 6.05. The maximum absolute atomic E-state index is 12.6. The smallest absolute Gasteiger partial charge is 0.125 e. The Morgan fingerprint density at radius 2 is 2.33 bits per heavy atom. The second kappa shape index (κ2) is 3.85. The number of nitrogens with two attached hydrogens (primary N) is 1. The Balaban J connectivity index is 2.89. The molecule has 1 rings (SSSR count). The summed E-state index contributed by atoms with van der Waals surface area (Å²) in [5, 5.41) is 0. The molecule has 64 valence electrons. The first-order valence-corrected chi connectivity index (χ1v) is 3.81. The maximum Gasteiger partial charge on any atom is 0.125 e. The molecule has 0 saturated carbocycles. The Labute approximate surface area is 70.9 Å². The number of amidine groups is 1. The predicted molar refractivity (Wildman–Crippen MR) is 48.0 cm³/mol. The van der Waals surface area contributed by atoms with E-state index in [-0.39, 0.29) is 5.82 Å². The Kier molecular flexibility index (Phi) is 2.80. The molecule has 0 radical (unpaired) electrons. The van der Waals surface area contributed by atoms with Crippen LogP contribution < -0.4 is 5.73 Å². The Morgan fingerprint density at radius 1 is 1.58 bits per heavy atom. The standard InChI is InChI=1S/C9H11FN2/c1-2-9(11)12-8-5-3-4-7(10)6-8/h3-6H,2H2,1H3,(H2,11,12). The summed E-state index contributed by atoms with van der Waals surface area (Å²) in [6.45, 7) is 1.90. The number of nitrogens with zero attached hydrogens (tertiary/aromatic N) is 1. The van der Waals surface area contributed by atoms with E-state index in [0.29, 0.717) is 17.9 Å². The summed E-state index contributed by atoms with van der Waals surface area (Å²) >= 11 is 0. The van der Waals surface area contributed by atoms with Crippen LogP contribution in [0.15, 0.2) is 29.3 Å². The summed E-state index contributed by atoms with van der Waals surface area (Å²) < 4.78 is 12.6. The number of aliphatic imine (C=N–C) groups is 1. The minimum Gasteiger partial charge on any atom is -0.387 e. The molecule has 3 heteroatoms. The van der Waals surface area contributed by atoms with Gasteiger partial charge < -0.3 is 5.73 Å². The molecule has 2 nitrogen and oxygen atoms in total. The molecule has 0 aromatic heterocycles. The molecule has 0 saturated heterocycles. The number of hydrogen-bond acceptors (Lipinski definition) is 1. The van der Waals surface area contributed by atoms with Gasteiger partial charge in [-0.2, -0.15) is 0 Å². The van der Waals surface area contributed by atoms with Crippen LogP contribution in [-0.4, -0.2) is 5.84 Å². The van der Waals surface area contributed by atoms with Crippen LogP contribution >= 0.6 is 0 Å². The zero-order chi connectivity index (χ0) is 8.97. The van der Waals surface area contributed by atoms with Gasteiger partial charge in [0.05, 0.1) is 11.5 Å². The molecule has 0 unspecified atom stereocenters. The molecule has 0 aliphatic rings. The van der Waals surface area contributed by atoms with E-state index in [2.05, 4.69) is 4.99 Å². The van der Waals surface area contributed by atoms with Gasteiger partial charge in [-0.15, -0.1) is 0 Å². The molecule has 0 heterocycles. The van der Waals surface area contributed by atoms with E-state index in [9.17, 15) is 4.39 Å². The zero-order valence-corrected chi connectivity index (χ0v) is 6.92. The fraction of sp³-hybridized carbons (Fsp3) is 0.222. The molecule has 0 fully saturated rings. The fourth-order valence-electron chi connectivity index (χ4n) is 0.791. The minimum absolute atomic E-state index is 0.292. The van der Waals surface area contributed by atoms with Gasteiger partial charge in [0.2, 0.25) is 0 Å². The molecule has 0 atom stereocenters. The fourth-order valence-corrected chi connectivity index (χ4v) is 0.791. The van der Waals surface area contributed by atoms with E-state index in [1.165, 1.54) is 12.1 Å². The summed E-state index contributed by atoms with van der Waals surface area (Å²) in [6, 6.07) is 6.05. The highest BCUT2D eigenvalue weighted by atomic mass is 19.1.